The fourth-order valence-electron chi connectivity index (χ4n) is 1.39. The van der Waals surface area contributed by atoms with Crippen LogP contribution in [0.15, 0.2) is 24.3 Å². The summed E-state index contributed by atoms with van der Waals surface area (Å²) in [7, 11) is 3.36. The first-order valence-corrected chi connectivity index (χ1v) is 5.00. The van der Waals surface area contributed by atoms with Crippen LogP contribution in [0.4, 0.5) is 0 Å². The number of amides is 1. The largest absolute Gasteiger partial charge is 0.347 e. The van der Waals surface area contributed by atoms with Crippen molar-refractivity contribution < 1.29 is 4.79 Å². The van der Waals surface area contributed by atoms with Gasteiger partial charge in [0.05, 0.1) is 17.7 Å². The Balaban J connectivity index is 2.67. The molecule has 0 spiro atoms. The van der Waals surface area contributed by atoms with E-state index in [0.717, 1.165) is 5.56 Å². The lowest BCUT2D eigenvalue weighted by Gasteiger charge is -2.16. The molecule has 4 heteroatoms. The summed E-state index contributed by atoms with van der Waals surface area (Å²) < 4.78 is 0. The zero-order valence-corrected chi connectivity index (χ0v) is 9.47. The van der Waals surface area contributed by atoms with Gasteiger partial charge in [-0.05, 0) is 24.1 Å². The molecule has 0 saturated carbocycles. The number of nitrogens with two attached hydrogens (primary N) is 1. The first-order valence-electron chi connectivity index (χ1n) is 5.00. The lowest BCUT2D eigenvalue weighted by atomic mass is 10.0. The van der Waals surface area contributed by atoms with E-state index < -0.39 is 6.04 Å². The minimum absolute atomic E-state index is 0.0932. The van der Waals surface area contributed by atoms with Crippen LogP contribution in [0, 0.1) is 11.3 Å². The average molecular weight is 217 g/mol. The van der Waals surface area contributed by atoms with Gasteiger partial charge in [0, 0.05) is 14.1 Å². The minimum Gasteiger partial charge on any atom is -0.347 e. The Morgan fingerprint density at radius 3 is 2.44 bits per heavy atom. The van der Waals surface area contributed by atoms with Crippen molar-refractivity contribution >= 4 is 5.91 Å². The van der Waals surface area contributed by atoms with E-state index in [1.807, 2.05) is 18.2 Å². The maximum atomic E-state index is 11.5. The second-order valence-corrected chi connectivity index (χ2v) is 3.85. The van der Waals surface area contributed by atoms with Crippen molar-refractivity contribution in [1.29, 1.82) is 5.26 Å². The molecule has 0 unspecified atom stereocenters. The zero-order chi connectivity index (χ0) is 12.1. The predicted octanol–water partition coefficient (Wildman–Crippen LogP) is 0.516. The Morgan fingerprint density at radius 1 is 1.44 bits per heavy atom. The Kier molecular flexibility index (Phi) is 4.03. The van der Waals surface area contributed by atoms with Crippen LogP contribution >= 0.6 is 0 Å². The number of likely N-dealkylation sites (N-methyl/N-ethyl adjacent to an activating group) is 1. The summed E-state index contributed by atoms with van der Waals surface area (Å²) >= 11 is 0. The third-order valence-electron chi connectivity index (χ3n) is 2.30. The molecule has 2 N–H and O–H groups in total. The number of carbonyl (C=O) groups is 1. The number of carbonyl (C=O) groups excluding carboxylic acids is 1. The molecular weight excluding hydrogens is 202 g/mol. The van der Waals surface area contributed by atoms with Crippen LogP contribution in [0.25, 0.3) is 0 Å². The van der Waals surface area contributed by atoms with E-state index in [9.17, 15) is 4.79 Å². The smallest absolute Gasteiger partial charge is 0.239 e. The van der Waals surface area contributed by atoms with Gasteiger partial charge in [-0.25, -0.2) is 0 Å². The maximum absolute atomic E-state index is 11.5. The van der Waals surface area contributed by atoms with Crippen molar-refractivity contribution in [3.05, 3.63) is 35.4 Å². The molecular formula is C12H15N3O. The molecule has 16 heavy (non-hydrogen) atoms. The molecule has 84 valence electrons. The quantitative estimate of drug-likeness (QED) is 0.802. The topological polar surface area (TPSA) is 70.1 Å². The van der Waals surface area contributed by atoms with Crippen LogP contribution in [-0.2, 0) is 11.2 Å². The number of nitrogens with zero attached hydrogens (tertiary/aromatic N) is 2. The van der Waals surface area contributed by atoms with Gasteiger partial charge in [0.1, 0.15) is 0 Å². The van der Waals surface area contributed by atoms with Crippen LogP contribution in [0.1, 0.15) is 11.1 Å². The molecule has 1 rings (SSSR count). The molecule has 0 aliphatic heterocycles. The van der Waals surface area contributed by atoms with Crippen molar-refractivity contribution in [2.24, 2.45) is 5.73 Å². The second-order valence-electron chi connectivity index (χ2n) is 3.85. The van der Waals surface area contributed by atoms with Gasteiger partial charge in [0.15, 0.2) is 0 Å². The average Bonchev–Trinajstić information content (AvgIpc) is 2.28. The van der Waals surface area contributed by atoms with E-state index in [1.165, 1.54) is 4.90 Å². The van der Waals surface area contributed by atoms with Crippen LogP contribution in [0.2, 0.25) is 0 Å². The highest BCUT2D eigenvalue weighted by Gasteiger charge is 2.15. The van der Waals surface area contributed by atoms with Gasteiger partial charge in [-0.1, -0.05) is 12.1 Å². The lowest BCUT2D eigenvalue weighted by Crippen LogP contribution is -2.41. The SMILES string of the molecule is CN(C)C(=O)[C@H](N)Cc1ccc(C#N)cc1. The molecule has 0 radical (unpaired) electrons. The molecule has 0 heterocycles. The molecule has 4 nitrogen and oxygen atoms in total. The van der Waals surface area contributed by atoms with Crippen LogP contribution in [0.3, 0.4) is 0 Å². The van der Waals surface area contributed by atoms with E-state index in [-0.39, 0.29) is 5.91 Å². The van der Waals surface area contributed by atoms with Crippen molar-refractivity contribution in [3.63, 3.8) is 0 Å². The van der Waals surface area contributed by atoms with E-state index in [2.05, 4.69) is 0 Å². The molecule has 0 fully saturated rings. The number of rotatable bonds is 3. The van der Waals surface area contributed by atoms with Gasteiger partial charge < -0.3 is 10.6 Å². The van der Waals surface area contributed by atoms with Crippen molar-refractivity contribution in [2.75, 3.05) is 14.1 Å². The third-order valence-corrected chi connectivity index (χ3v) is 2.30. The molecule has 0 aliphatic carbocycles. The molecule has 1 aromatic carbocycles. The second kappa shape index (κ2) is 5.29. The Labute approximate surface area is 95.3 Å². The van der Waals surface area contributed by atoms with Crippen molar-refractivity contribution in [1.82, 2.24) is 4.90 Å². The molecule has 1 atom stereocenters. The highest BCUT2D eigenvalue weighted by atomic mass is 16.2. The minimum atomic E-state index is -0.525. The first-order chi connectivity index (χ1) is 7.54. The molecule has 0 bridgehead atoms. The predicted molar refractivity (Wildman–Crippen MR) is 61.5 cm³/mol. The fraction of sp³-hybridized carbons (Fsp3) is 0.333. The first kappa shape index (κ1) is 12.2. The van der Waals surface area contributed by atoms with Crippen LogP contribution in [0.5, 0.6) is 0 Å². The maximum Gasteiger partial charge on any atom is 0.239 e. The van der Waals surface area contributed by atoms with Gasteiger partial charge in [-0.3, -0.25) is 4.79 Å². The third kappa shape index (κ3) is 3.07. The van der Waals surface area contributed by atoms with Crippen LogP contribution < -0.4 is 5.73 Å². The summed E-state index contributed by atoms with van der Waals surface area (Å²) in [5.74, 6) is -0.0932. The van der Waals surface area contributed by atoms with Crippen LogP contribution in [-0.4, -0.2) is 30.9 Å². The van der Waals surface area contributed by atoms with E-state index in [1.54, 1.807) is 26.2 Å². The number of hydrogen-bond donors (Lipinski definition) is 1. The van der Waals surface area contributed by atoms with Gasteiger partial charge in [0.2, 0.25) is 5.91 Å². The number of nitriles is 1. The summed E-state index contributed by atoms with van der Waals surface area (Å²) in [5, 5.41) is 8.64. The monoisotopic (exact) mass is 217 g/mol. The van der Waals surface area contributed by atoms with Gasteiger partial charge >= 0.3 is 0 Å². The Morgan fingerprint density at radius 2 is 2.00 bits per heavy atom. The summed E-state index contributed by atoms with van der Waals surface area (Å²) in [4.78, 5) is 13.0. The summed E-state index contributed by atoms with van der Waals surface area (Å²) in [6, 6.07) is 8.61. The number of benzene rings is 1. The van der Waals surface area contributed by atoms with E-state index >= 15 is 0 Å². The molecule has 0 aromatic heterocycles. The summed E-state index contributed by atoms with van der Waals surface area (Å²) in [5.41, 5.74) is 7.33. The Hall–Kier alpha value is -1.86. The van der Waals surface area contributed by atoms with Gasteiger partial charge in [-0.2, -0.15) is 5.26 Å². The molecule has 0 aliphatic rings. The van der Waals surface area contributed by atoms with Gasteiger partial charge in [-0.15, -0.1) is 0 Å². The lowest BCUT2D eigenvalue weighted by molar-refractivity contribution is -0.130. The highest BCUT2D eigenvalue weighted by molar-refractivity contribution is 5.81. The fourth-order valence-corrected chi connectivity index (χ4v) is 1.39. The normalized spacial score (nSPS) is 11.6. The van der Waals surface area contributed by atoms with E-state index in [4.69, 9.17) is 11.0 Å². The summed E-state index contributed by atoms with van der Waals surface area (Å²) in [6.45, 7) is 0. The van der Waals surface area contributed by atoms with Crippen molar-refractivity contribution in [3.8, 4) is 6.07 Å². The molecule has 1 aromatic rings. The van der Waals surface area contributed by atoms with E-state index in [0.29, 0.717) is 12.0 Å². The number of hydrogen-bond acceptors (Lipinski definition) is 3. The zero-order valence-electron chi connectivity index (χ0n) is 9.47. The van der Waals surface area contributed by atoms with Gasteiger partial charge in [0.25, 0.3) is 0 Å². The standard InChI is InChI=1S/C12H15N3O/c1-15(2)12(16)11(14)7-9-3-5-10(8-13)6-4-9/h3-6,11H,7,14H2,1-2H3/t11-/m1/s1. The Bertz CT molecular complexity index is 403. The highest BCUT2D eigenvalue weighted by Crippen LogP contribution is 2.06. The molecule has 0 saturated heterocycles. The molecule has 1 amide bonds. The van der Waals surface area contributed by atoms with Crippen molar-refractivity contribution in [2.45, 2.75) is 12.5 Å². The summed E-state index contributed by atoms with van der Waals surface area (Å²) in [6.07, 6.45) is 0.489.